The van der Waals surface area contributed by atoms with E-state index in [4.69, 9.17) is 5.73 Å². The van der Waals surface area contributed by atoms with Gasteiger partial charge in [0.15, 0.2) is 5.65 Å². The molecule has 2 heterocycles. The van der Waals surface area contributed by atoms with Crippen molar-refractivity contribution >= 4 is 11.5 Å². The van der Waals surface area contributed by atoms with Gasteiger partial charge in [0.2, 0.25) is 0 Å². The summed E-state index contributed by atoms with van der Waals surface area (Å²) in [5.41, 5.74) is 6.20. The number of hydrogen-bond acceptors (Lipinski definition) is 3. The molecule has 0 radical (unpaired) electrons. The Bertz CT molecular complexity index is 320. The van der Waals surface area contributed by atoms with Crippen molar-refractivity contribution in [2.75, 3.05) is 5.73 Å². The van der Waals surface area contributed by atoms with Crippen LogP contribution >= 0.6 is 0 Å². The normalized spacial score (nSPS) is 9.17. The molecule has 0 fully saturated rings. The number of imidazole rings is 1. The Morgan fingerprint density at radius 1 is 1.42 bits per heavy atom. The Hall–Kier alpha value is -1.58. The average molecular weight is 164 g/mol. The molecular weight excluding hydrogens is 152 g/mol. The molecule has 12 heavy (non-hydrogen) atoms. The topological polar surface area (TPSA) is 56.2 Å². The summed E-state index contributed by atoms with van der Waals surface area (Å²) in [5, 5.41) is 3.98. The summed E-state index contributed by atoms with van der Waals surface area (Å²) in [6, 6.07) is 3.67. The van der Waals surface area contributed by atoms with Crippen LogP contribution in [0, 0.1) is 0 Å². The molecule has 2 rings (SSSR count). The van der Waals surface area contributed by atoms with Crippen molar-refractivity contribution in [3.05, 3.63) is 24.5 Å². The van der Waals surface area contributed by atoms with Crippen LogP contribution < -0.4 is 5.73 Å². The van der Waals surface area contributed by atoms with Crippen molar-refractivity contribution in [3.8, 4) is 0 Å². The molecule has 2 aromatic rings. The van der Waals surface area contributed by atoms with Gasteiger partial charge in [0.05, 0.1) is 6.20 Å². The van der Waals surface area contributed by atoms with E-state index in [-0.39, 0.29) is 0 Å². The fourth-order valence-electron chi connectivity index (χ4n) is 0.849. The van der Waals surface area contributed by atoms with Gasteiger partial charge in [-0.2, -0.15) is 5.10 Å². The van der Waals surface area contributed by atoms with Gasteiger partial charge in [-0.3, -0.25) is 0 Å². The molecule has 2 N–H and O–H groups in total. The van der Waals surface area contributed by atoms with E-state index in [9.17, 15) is 0 Å². The second-order valence-electron chi connectivity index (χ2n) is 1.99. The summed E-state index contributed by atoms with van der Waals surface area (Å²) in [6.07, 6.45) is 3.36. The Morgan fingerprint density at radius 3 is 2.83 bits per heavy atom. The molecule has 0 unspecified atom stereocenters. The highest BCUT2D eigenvalue weighted by Crippen LogP contribution is 2.01. The maximum Gasteiger partial charge on any atom is 0.155 e. The molecule has 4 heteroatoms. The Morgan fingerprint density at radius 2 is 2.17 bits per heavy atom. The summed E-state index contributed by atoms with van der Waals surface area (Å²) < 4.78 is 1.63. The predicted molar refractivity (Wildman–Crippen MR) is 48.7 cm³/mol. The van der Waals surface area contributed by atoms with Gasteiger partial charge in [-0.1, -0.05) is 13.8 Å². The minimum atomic E-state index is 0.499. The Balaban J connectivity index is 0.000000336. The van der Waals surface area contributed by atoms with Crippen LogP contribution in [-0.2, 0) is 0 Å². The maximum absolute atomic E-state index is 5.42. The van der Waals surface area contributed by atoms with Crippen molar-refractivity contribution in [2.45, 2.75) is 13.8 Å². The first kappa shape index (κ1) is 8.52. The highest BCUT2D eigenvalue weighted by molar-refractivity contribution is 5.44. The summed E-state index contributed by atoms with van der Waals surface area (Å²) in [5.74, 6) is 0.499. The van der Waals surface area contributed by atoms with Crippen LogP contribution in [0.2, 0.25) is 0 Å². The third-order valence-electron chi connectivity index (χ3n) is 1.26. The number of nitrogens with two attached hydrogens (primary N) is 1. The first-order valence-corrected chi connectivity index (χ1v) is 3.92. The van der Waals surface area contributed by atoms with Crippen molar-refractivity contribution in [2.24, 2.45) is 0 Å². The number of aromatic nitrogens is 3. The van der Waals surface area contributed by atoms with Gasteiger partial charge < -0.3 is 5.73 Å². The van der Waals surface area contributed by atoms with Gasteiger partial charge >= 0.3 is 0 Å². The maximum atomic E-state index is 5.42. The van der Waals surface area contributed by atoms with Crippen molar-refractivity contribution in [3.63, 3.8) is 0 Å². The first-order valence-electron chi connectivity index (χ1n) is 3.92. The minimum Gasteiger partial charge on any atom is -0.382 e. The quantitative estimate of drug-likeness (QED) is 0.639. The van der Waals surface area contributed by atoms with Crippen LogP contribution in [0.1, 0.15) is 13.8 Å². The van der Waals surface area contributed by atoms with Gasteiger partial charge in [-0.15, -0.1) is 0 Å². The molecule has 0 saturated heterocycles. The van der Waals surface area contributed by atoms with Gasteiger partial charge in [0, 0.05) is 6.20 Å². The number of fused-ring (bicyclic) bond motifs is 1. The highest BCUT2D eigenvalue weighted by Gasteiger charge is 1.94. The summed E-state index contributed by atoms with van der Waals surface area (Å²) >= 11 is 0. The lowest BCUT2D eigenvalue weighted by Gasteiger charge is -1.85. The zero-order valence-corrected chi connectivity index (χ0v) is 7.23. The zero-order chi connectivity index (χ0) is 8.97. The van der Waals surface area contributed by atoms with Gasteiger partial charge in [0.1, 0.15) is 5.82 Å². The molecule has 0 aliphatic carbocycles. The number of rotatable bonds is 0. The lowest BCUT2D eigenvalue weighted by molar-refractivity contribution is 0.936. The molecular formula is C8H12N4. The smallest absolute Gasteiger partial charge is 0.155 e. The molecule has 0 spiro atoms. The zero-order valence-electron chi connectivity index (χ0n) is 7.23. The fraction of sp³-hybridized carbons (Fsp3) is 0.250. The first-order chi connectivity index (χ1) is 5.86. The number of nitrogens with zero attached hydrogens (tertiary/aromatic N) is 3. The van der Waals surface area contributed by atoms with E-state index >= 15 is 0 Å². The van der Waals surface area contributed by atoms with Crippen LogP contribution in [0.4, 0.5) is 5.82 Å². The van der Waals surface area contributed by atoms with Crippen molar-refractivity contribution in [1.82, 2.24) is 14.6 Å². The third kappa shape index (κ3) is 1.53. The number of hydrogen-bond donors (Lipinski definition) is 1. The van der Waals surface area contributed by atoms with E-state index in [2.05, 4.69) is 10.1 Å². The van der Waals surface area contributed by atoms with E-state index in [1.807, 2.05) is 26.0 Å². The molecule has 0 bridgehead atoms. The standard InChI is InChI=1S/C6H6N4.C2H6/c7-5-4-10-6(9-5)2-1-3-8-10;1-2/h1-4H,7H2;1-2H3. The van der Waals surface area contributed by atoms with E-state index < -0.39 is 0 Å². The van der Waals surface area contributed by atoms with E-state index in [1.165, 1.54) is 0 Å². The van der Waals surface area contributed by atoms with Crippen LogP contribution in [0.5, 0.6) is 0 Å². The highest BCUT2D eigenvalue weighted by atomic mass is 15.2. The number of anilines is 1. The van der Waals surface area contributed by atoms with Crippen molar-refractivity contribution < 1.29 is 0 Å². The summed E-state index contributed by atoms with van der Waals surface area (Å²) in [4.78, 5) is 3.99. The second kappa shape index (κ2) is 3.71. The molecule has 4 nitrogen and oxygen atoms in total. The fourth-order valence-corrected chi connectivity index (χ4v) is 0.849. The molecule has 2 aromatic heterocycles. The Labute approximate surface area is 71.0 Å². The Kier molecular flexibility index (Phi) is 2.63. The van der Waals surface area contributed by atoms with Crippen LogP contribution in [0.15, 0.2) is 24.5 Å². The van der Waals surface area contributed by atoms with Crippen molar-refractivity contribution in [1.29, 1.82) is 0 Å². The largest absolute Gasteiger partial charge is 0.382 e. The monoisotopic (exact) mass is 164 g/mol. The molecule has 64 valence electrons. The van der Waals surface area contributed by atoms with Gasteiger partial charge in [0.25, 0.3) is 0 Å². The second-order valence-corrected chi connectivity index (χ2v) is 1.99. The summed E-state index contributed by atoms with van der Waals surface area (Å²) in [6.45, 7) is 4.00. The third-order valence-corrected chi connectivity index (χ3v) is 1.26. The molecule has 0 saturated carbocycles. The molecule has 0 aromatic carbocycles. The molecule has 0 atom stereocenters. The SMILES string of the molecule is CC.Nc1cn2ncccc2n1. The van der Waals surface area contributed by atoms with E-state index in [0.717, 1.165) is 5.65 Å². The molecule has 0 amide bonds. The van der Waals surface area contributed by atoms with Crippen LogP contribution in [0.25, 0.3) is 5.65 Å². The molecule has 0 aliphatic heterocycles. The lowest BCUT2D eigenvalue weighted by atomic mass is 10.6. The molecule has 0 aliphatic rings. The van der Waals surface area contributed by atoms with E-state index in [1.54, 1.807) is 16.9 Å². The number of nitrogen functional groups attached to an aromatic ring is 1. The predicted octanol–water partition coefficient (Wildman–Crippen LogP) is 1.34. The van der Waals surface area contributed by atoms with Crippen LogP contribution in [0.3, 0.4) is 0 Å². The van der Waals surface area contributed by atoms with Crippen LogP contribution in [-0.4, -0.2) is 14.6 Å². The van der Waals surface area contributed by atoms with Gasteiger partial charge in [-0.05, 0) is 12.1 Å². The van der Waals surface area contributed by atoms with E-state index in [0.29, 0.717) is 5.82 Å². The summed E-state index contributed by atoms with van der Waals surface area (Å²) in [7, 11) is 0. The average Bonchev–Trinajstić information content (AvgIpc) is 2.48. The minimum absolute atomic E-state index is 0.499. The van der Waals surface area contributed by atoms with Gasteiger partial charge in [-0.25, -0.2) is 9.50 Å². The lowest BCUT2D eigenvalue weighted by Crippen LogP contribution is -1.85.